The van der Waals surface area contributed by atoms with Crippen molar-refractivity contribution in [3.05, 3.63) is 71.8 Å². The summed E-state index contributed by atoms with van der Waals surface area (Å²) < 4.78 is 10.3. The predicted molar refractivity (Wildman–Crippen MR) is 82.8 cm³/mol. The fourth-order valence-electron chi connectivity index (χ4n) is 1.76. The molecule has 0 fully saturated rings. The zero-order valence-electron chi connectivity index (χ0n) is 12.4. The van der Waals surface area contributed by atoms with Crippen LogP contribution in [-0.4, -0.2) is 11.9 Å². The van der Waals surface area contributed by atoms with Crippen LogP contribution in [0.4, 0.5) is 0 Å². The molecule has 22 heavy (non-hydrogen) atoms. The fraction of sp³-hybridized carbons (Fsp3) is 0.111. The van der Waals surface area contributed by atoms with Gasteiger partial charge in [0, 0.05) is 12.2 Å². The number of esters is 2. The summed E-state index contributed by atoms with van der Waals surface area (Å²) in [5.41, 5.74) is 1.68. The van der Waals surface area contributed by atoms with E-state index >= 15 is 0 Å². The van der Waals surface area contributed by atoms with Gasteiger partial charge in [-0.3, -0.25) is 0 Å². The first-order valence-electron chi connectivity index (χ1n) is 6.79. The van der Waals surface area contributed by atoms with E-state index in [0.717, 1.165) is 23.3 Å². The molecule has 0 unspecified atom stereocenters. The highest BCUT2D eigenvalue weighted by molar-refractivity contribution is 5.93. The first-order valence-corrected chi connectivity index (χ1v) is 6.79. The zero-order chi connectivity index (χ0) is 15.9. The van der Waals surface area contributed by atoms with E-state index in [1.165, 1.54) is 0 Å². The molecule has 0 amide bonds. The minimum atomic E-state index is -0.629. The second kappa shape index (κ2) is 7.22. The van der Waals surface area contributed by atoms with E-state index in [2.05, 4.69) is 0 Å². The number of hydrogen-bond donors (Lipinski definition) is 0. The Morgan fingerprint density at radius 3 is 1.45 bits per heavy atom. The Bertz CT molecular complexity index is 655. The number of aryl methyl sites for hydroxylation is 2. The van der Waals surface area contributed by atoms with Gasteiger partial charge in [0.1, 0.15) is 11.5 Å². The largest absolute Gasteiger partial charge is 0.423 e. The van der Waals surface area contributed by atoms with Gasteiger partial charge in [-0.05, 0) is 37.1 Å². The van der Waals surface area contributed by atoms with Crippen LogP contribution in [0, 0.1) is 13.8 Å². The van der Waals surface area contributed by atoms with Gasteiger partial charge in [0.15, 0.2) is 0 Å². The molecule has 2 aromatic carbocycles. The molecule has 0 saturated carbocycles. The molecule has 2 rings (SSSR count). The third kappa shape index (κ3) is 4.31. The Balaban J connectivity index is 1.94. The second-order valence-corrected chi connectivity index (χ2v) is 4.71. The van der Waals surface area contributed by atoms with E-state index in [-0.39, 0.29) is 0 Å². The first kappa shape index (κ1) is 15.5. The summed E-state index contributed by atoms with van der Waals surface area (Å²) in [6.45, 7) is 3.66. The molecule has 0 aromatic heterocycles. The lowest BCUT2D eigenvalue weighted by molar-refractivity contribution is -0.131. The van der Waals surface area contributed by atoms with Crippen molar-refractivity contribution in [1.82, 2.24) is 0 Å². The van der Waals surface area contributed by atoms with Crippen molar-refractivity contribution in [2.75, 3.05) is 0 Å². The van der Waals surface area contributed by atoms with Gasteiger partial charge in [-0.2, -0.15) is 0 Å². The molecule has 2 aromatic rings. The Morgan fingerprint density at radius 1 is 0.727 bits per heavy atom. The molecule has 4 nitrogen and oxygen atoms in total. The summed E-state index contributed by atoms with van der Waals surface area (Å²) in [5.74, 6) is -0.332. The molecule has 0 aliphatic carbocycles. The van der Waals surface area contributed by atoms with Gasteiger partial charge in [-0.1, -0.05) is 36.4 Å². The summed E-state index contributed by atoms with van der Waals surface area (Å²) >= 11 is 0. The van der Waals surface area contributed by atoms with Gasteiger partial charge in [-0.25, -0.2) is 9.59 Å². The van der Waals surface area contributed by atoms with Crippen molar-refractivity contribution in [1.29, 1.82) is 0 Å². The second-order valence-electron chi connectivity index (χ2n) is 4.71. The molecule has 0 heterocycles. The normalized spacial score (nSPS) is 10.5. The zero-order valence-corrected chi connectivity index (χ0v) is 12.4. The molecule has 0 spiro atoms. The number of ether oxygens (including phenoxy) is 2. The number of para-hydroxylation sites is 2. The molecule has 0 aliphatic heterocycles. The SMILES string of the molecule is Cc1ccccc1OC(=O)C=CC(=O)Oc1ccccc1C. The van der Waals surface area contributed by atoms with Crippen molar-refractivity contribution < 1.29 is 19.1 Å². The number of hydrogen-bond acceptors (Lipinski definition) is 4. The van der Waals surface area contributed by atoms with Crippen molar-refractivity contribution in [2.45, 2.75) is 13.8 Å². The van der Waals surface area contributed by atoms with Gasteiger partial charge in [0.05, 0.1) is 0 Å². The van der Waals surface area contributed by atoms with Crippen molar-refractivity contribution in [2.24, 2.45) is 0 Å². The van der Waals surface area contributed by atoms with Gasteiger partial charge in [0.2, 0.25) is 0 Å². The van der Waals surface area contributed by atoms with Crippen LogP contribution in [0.3, 0.4) is 0 Å². The number of rotatable bonds is 4. The highest BCUT2D eigenvalue weighted by atomic mass is 16.5. The monoisotopic (exact) mass is 296 g/mol. The number of carbonyl (C=O) groups excluding carboxylic acids is 2. The van der Waals surface area contributed by atoms with E-state index < -0.39 is 11.9 Å². The Kier molecular flexibility index (Phi) is 5.09. The van der Waals surface area contributed by atoms with Gasteiger partial charge < -0.3 is 9.47 Å². The topological polar surface area (TPSA) is 52.6 Å². The van der Waals surface area contributed by atoms with Crippen molar-refractivity contribution in [3.8, 4) is 11.5 Å². The van der Waals surface area contributed by atoms with Crippen LogP contribution in [-0.2, 0) is 9.59 Å². The molecule has 0 saturated heterocycles. The molecule has 0 atom stereocenters. The molecule has 0 N–H and O–H groups in total. The summed E-state index contributed by atoms with van der Waals surface area (Å²) in [6.07, 6.45) is 2.10. The van der Waals surface area contributed by atoms with Crippen LogP contribution in [0.1, 0.15) is 11.1 Å². The van der Waals surface area contributed by atoms with E-state index in [0.29, 0.717) is 11.5 Å². The van der Waals surface area contributed by atoms with Crippen LogP contribution >= 0.6 is 0 Å². The molecular formula is C18H16O4. The lowest BCUT2D eigenvalue weighted by atomic mass is 10.2. The lowest BCUT2D eigenvalue weighted by Gasteiger charge is -2.05. The lowest BCUT2D eigenvalue weighted by Crippen LogP contribution is -2.09. The maximum atomic E-state index is 11.7. The van der Waals surface area contributed by atoms with Crippen LogP contribution < -0.4 is 9.47 Å². The van der Waals surface area contributed by atoms with Gasteiger partial charge in [0.25, 0.3) is 0 Å². The third-order valence-corrected chi connectivity index (χ3v) is 2.96. The molecule has 0 radical (unpaired) electrons. The van der Waals surface area contributed by atoms with E-state index in [4.69, 9.17) is 9.47 Å². The predicted octanol–water partition coefficient (Wildman–Crippen LogP) is 3.37. The number of benzene rings is 2. The van der Waals surface area contributed by atoms with E-state index in [9.17, 15) is 9.59 Å². The van der Waals surface area contributed by atoms with Crippen molar-refractivity contribution in [3.63, 3.8) is 0 Å². The Labute approximate surface area is 129 Å². The maximum absolute atomic E-state index is 11.7. The maximum Gasteiger partial charge on any atom is 0.336 e. The molecule has 0 bridgehead atoms. The third-order valence-electron chi connectivity index (χ3n) is 2.96. The van der Waals surface area contributed by atoms with Crippen LogP contribution in [0.25, 0.3) is 0 Å². The van der Waals surface area contributed by atoms with Crippen LogP contribution in [0.2, 0.25) is 0 Å². The number of carbonyl (C=O) groups is 2. The van der Waals surface area contributed by atoms with E-state index in [1.54, 1.807) is 24.3 Å². The van der Waals surface area contributed by atoms with Gasteiger partial charge >= 0.3 is 11.9 Å². The molecule has 4 heteroatoms. The van der Waals surface area contributed by atoms with Crippen molar-refractivity contribution >= 4 is 11.9 Å². The van der Waals surface area contributed by atoms with Crippen LogP contribution in [0.5, 0.6) is 11.5 Å². The standard InChI is InChI=1S/C18H16O4/c1-13-7-3-5-9-15(13)21-17(19)11-12-18(20)22-16-10-6-4-8-14(16)2/h3-12H,1-2H3. The summed E-state index contributed by atoms with van der Waals surface area (Å²) in [6, 6.07) is 14.3. The smallest absolute Gasteiger partial charge is 0.336 e. The fourth-order valence-corrected chi connectivity index (χ4v) is 1.76. The summed E-state index contributed by atoms with van der Waals surface area (Å²) in [5, 5.41) is 0. The van der Waals surface area contributed by atoms with Crippen LogP contribution in [0.15, 0.2) is 60.7 Å². The quantitative estimate of drug-likeness (QED) is 0.493. The van der Waals surface area contributed by atoms with E-state index in [1.807, 2.05) is 38.1 Å². The highest BCUT2D eigenvalue weighted by Gasteiger charge is 2.06. The highest BCUT2D eigenvalue weighted by Crippen LogP contribution is 2.17. The minimum Gasteiger partial charge on any atom is -0.423 e. The Morgan fingerprint density at radius 2 is 1.09 bits per heavy atom. The first-order chi connectivity index (χ1) is 10.6. The van der Waals surface area contributed by atoms with Gasteiger partial charge in [-0.15, -0.1) is 0 Å². The summed E-state index contributed by atoms with van der Waals surface area (Å²) in [4.78, 5) is 23.3. The summed E-state index contributed by atoms with van der Waals surface area (Å²) in [7, 11) is 0. The minimum absolute atomic E-state index is 0.462. The average Bonchev–Trinajstić information content (AvgIpc) is 2.50. The molecule has 112 valence electrons. The molecule has 0 aliphatic rings. The Hall–Kier alpha value is -2.88. The average molecular weight is 296 g/mol. The molecular weight excluding hydrogens is 280 g/mol.